The van der Waals surface area contributed by atoms with Crippen LogP contribution < -0.4 is 10.6 Å². The number of nitrogens with one attached hydrogen (secondary N) is 2. The van der Waals surface area contributed by atoms with Crippen LogP contribution >= 0.6 is 11.6 Å². The van der Waals surface area contributed by atoms with Crippen LogP contribution in [0.3, 0.4) is 0 Å². The molecule has 1 aromatic rings. The maximum atomic E-state index is 12.1. The van der Waals surface area contributed by atoms with Crippen LogP contribution in [0.25, 0.3) is 0 Å². The summed E-state index contributed by atoms with van der Waals surface area (Å²) in [5, 5.41) is 6.78. The molecule has 0 radical (unpaired) electrons. The van der Waals surface area contributed by atoms with Crippen molar-refractivity contribution in [2.75, 3.05) is 13.1 Å². The fraction of sp³-hybridized carbons (Fsp3) is 0.385. The van der Waals surface area contributed by atoms with Gasteiger partial charge in [-0.3, -0.25) is 9.79 Å². The highest BCUT2D eigenvalue weighted by Gasteiger charge is 2.44. The largest absolute Gasteiger partial charge is 0.317 e. The number of hydrogen-bond donors (Lipinski definition) is 2. The van der Waals surface area contributed by atoms with Crippen molar-refractivity contribution in [3.05, 3.63) is 34.9 Å². The van der Waals surface area contributed by atoms with Crippen LogP contribution in [-0.2, 0) is 4.79 Å². The highest BCUT2D eigenvalue weighted by molar-refractivity contribution is 6.31. The first kappa shape index (κ1) is 11.7. The van der Waals surface area contributed by atoms with Gasteiger partial charge in [-0.1, -0.05) is 23.7 Å². The Morgan fingerprint density at radius 3 is 2.78 bits per heavy atom. The Labute approximate surface area is 110 Å². The maximum Gasteiger partial charge on any atom is 0.253 e. The van der Waals surface area contributed by atoms with Crippen molar-refractivity contribution in [2.24, 2.45) is 4.99 Å². The Morgan fingerprint density at radius 2 is 2.06 bits per heavy atom. The number of halogens is 1. The van der Waals surface area contributed by atoms with Gasteiger partial charge in [0.25, 0.3) is 5.91 Å². The predicted molar refractivity (Wildman–Crippen MR) is 71.0 cm³/mol. The van der Waals surface area contributed by atoms with Crippen LogP contribution in [0, 0.1) is 0 Å². The van der Waals surface area contributed by atoms with Gasteiger partial charge in [-0.05, 0) is 38.1 Å². The van der Waals surface area contributed by atoms with Crippen molar-refractivity contribution < 1.29 is 4.79 Å². The van der Waals surface area contributed by atoms with E-state index in [2.05, 4.69) is 15.6 Å². The number of nitrogens with zero attached hydrogens (tertiary/aromatic N) is 1. The maximum absolute atomic E-state index is 12.1. The highest BCUT2D eigenvalue weighted by atomic mass is 35.5. The molecule has 0 saturated carbocycles. The average molecular weight is 264 g/mol. The minimum absolute atomic E-state index is 0.0129. The summed E-state index contributed by atoms with van der Waals surface area (Å²) in [7, 11) is 0. The van der Waals surface area contributed by atoms with Crippen LogP contribution in [0.2, 0.25) is 5.02 Å². The van der Waals surface area contributed by atoms with Crippen molar-refractivity contribution in [2.45, 2.75) is 18.4 Å². The van der Waals surface area contributed by atoms with E-state index < -0.39 is 5.54 Å². The van der Waals surface area contributed by atoms with Gasteiger partial charge in [0, 0.05) is 10.6 Å². The SMILES string of the molecule is O=C1NC(c2cccc(Cl)c2)=NC12CCNCC2. The lowest BCUT2D eigenvalue weighted by Crippen LogP contribution is -2.47. The lowest BCUT2D eigenvalue weighted by Gasteiger charge is -2.28. The molecule has 3 rings (SSSR count). The van der Waals surface area contributed by atoms with E-state index in [0.29, 0.717) is 10.9 Å². The molecule has 0 aromatic heterocycles. The molecule has 5 heteroatoms. The van der Waals surface area contributed by atoms with Gasteiger partial charge in [-0.15, -0.1) is 0 Å². The van der Waals surface area contributed by atoms with Crippen LogP contribution in [0.15, 0.2) is 29.3 Å². The monoisotopic (exact) mass is 263 g/mol. The quantitative estimate of drug-likeness (QED) is 0.803. The molecule has 4 nitrogen and oxygen atoms in total. The number of piperidine rings is 1. The predicted octanol–water partition coefficient (Wildman–Crippen LogP) is 1.34. The molecule has 2 heterocycles. The molecule has 18 heavy (non-hydrogen) atoms. The summed E-state index contributed by atoms with van der Waals surface area (Å²) in [4.78, 5) is 16.8. The number of aliphatic imine (C=N–C) groups is 1. The summed E-state index contributed by atoms with van der Waals surface area (Å²) in [6.45, 7) is 1.67. The van der Waals surface area contributed by atoms with Crippen LogP contribution in [-0.4, -0.2) is 30.4 Å². The smallest absolute Gasteiger partial charge is 0.253 e. The molecule has 1 aromatic carbocycles. The van der Waals surface area contributed by atoms with E-state index in [1.165, 1.54) is 0 Å². The molecule has 1 spiro atoms. The molecule has 0 unspecified atom stereocenters. The number of carbonyl (C=O) groups excluding carboxylic acids is 1. The van der Waals surface area contributed by atoms with Gasteiger partial charge >= 0.3 is 0 Å². The van der Waals surface area contributed by atoms with E-state index in [1.807, 2.05) is 24.3 Å². The standard InChI is InChI=1S/C13H14ClN3O/c14-10-3-1-2-9(8-10)11-16-12(18)13(17-11)4-6-15-7-5-13/h1-3,8,15H,4-7H2,(H,16,17,18). The first-order valence-electron chi connectivity index (χ1n) is 6.08. The minimum Gasteiger partial charge on any atom is -0.317 e. The number of benzene rings is 1. The van der Waals surface area contributed by atoms with E-state index in [9.17, 15) is 4.79 Å². The molecule has 2 aliphatic heterocycles. The van der Waals surface area contributed by atoms with E-state index in [4.69, 9.17) is 11.6 Å². The second-order valence-electron chi connectivity index (χ2n) is 4.71. The van der Waals surface area contributed by atoms with E-state index >= 15 is 0 Å². The van der Waals surface area contributed by atoms with Gasteiger partial charge in [-0.2, -0.15) is 0 Å². The van der Waals surface area contributed by atoms with Gasteiger partial charge in [-0.25, -0.2) is 0 Å². The highest BCUT2D eigenvalue weighted by Crippen LogP contribution is 2.28. The Morgan fingerprint density at radius 1 is 1.28 bits per heavy atom. The number of amides is 1. The van der Waals surface area contributed by atoms with E-state index in [-0.39, 0.29) is 5.91 Å². The summed E-state index contributed by atoms with van der Waals surface area (Å²) in [5.74, 6) is 0.656. The Balaban J connectivity index is 1.95. The van der Waals surface area contributed by atoms with E-state index in [1.54, 1.807) is 0 Å². The number of hydrogen-bond acceptors (Lipinski definition) is 3. The third-order valence-corrected chi connectivity index (χ3v) is 3.74. The van der Waals surface area contributed by atoms with Crippen molar-refractivity contribution in [1.82, 2.24) is 10.6 Å². The number of carbonyl (C=O) groups is 1. The lowest BCUT2D eigenvalue weighted by molar-refractivity contribution is -0.124. The molecule has 2 aliphatic rings. The van der Waals surface area contributed by atoms with E-state index in [0.717, 1.165) is 31.5 Å². The van der Waals surface area contributed by atoms with Crippen LogP contribution in [0.1, 0.15) is 18.4 Å². The third kappa shape index (κ3) is 1.91. The first-order chi connectivity index (χ1) is 8.70. The molecule has 1 fully saturated rings. The molecular weight excluding hydrogens is 250 g/mol. The van der Waals surface area contributed by atoms with Gasteiger partial charge in [0.15, 0.2) is 0 Å². The number of amidine groups is 1. The topological polar surface area (TPSA) is 53.5 Å². The average Bonchev–Trinajstić information content (AvgIpc) is 2.68. The molecule has 0 atom stereocenters. The van der Waals surface area contributed by atoms with Gasteiger partial charge in [0.05, 0.1) is 0 Å². The van der Waals surface area contributed by atoms with Gasteiger partial charge in [0.1, 0.15) is 11.4 Å². The summed E-state index contributed by atoms with van der Waals surface area (Å²) in [5.41, 5.74) is 0.300. The number of rotatable bonds is 1. The van der Waals surface area contributed by atoms with Gasteiger partial charge in [0.2, 0.25) is 0 Å². The second-order valence-corrected chi connectivity index (χ2v) is 5.14. The first-order valence-corrected chi connectivity index (χ1v) is 6.45. The molecule has 94 valence electrons. The Kier molecular flexibility index (Phi) is 2.84. The van der Waals surface area contributed by atoms with Crippen molar-refractivity contribution in [3.63, 3.8) is 0 Å². The van der Waals surface area contributed by atoms with Crippen LogP contribution in [0.4, 0.5) is 0 Å². The molecule has 1 saturated heterocycles. The van der Waals surface area contributed by atoms with Crippen LogP contribution in [0.5, 0.6) is 0 Å². The van der Waals surface area contributed by atoms with Gasteiger partial charge < -0.3 is 10.6 Å². The zero-order valence-electron chi connectivity index (χ0n) is 9.87. The molecule has 2 N–H and O–H groups in total. The summed E-state index contributed by atoms with van der Waals surface area (Å²) >= 11 is 5.96. The Bertz CT molecular complexity index is 521. The summed E-state index contributed by atoms with van der Waals surface area (Å²) < 4.78 is 0. The lowest BCUT2D eigenvalue weighted by atomic mass is 9.89. The van der Waals surface area contributed by atoms with Crippen molar-refractivity contribution >= 4 is 23.3 Å². The molecule has 1 amide bonds. The molecule has 0 aliphatic carbocycles. The zero-order chi connectivity index (χ0) is 12.6. The van der Waals surface area contributed by atoms with Crippen molar-refractivity contribution in [1.29, 1.82) is 0 Å². The van der Waals surface area contributed by atoms with Crippen molar-refractivity contribution in [3.8, 4) is 0 Å². The normalized spacial score (nSPS) is 21.8. The fourth-order valence-electron chi connectivity index (χ4n) is 2.47. The third-order valence-electron chi connectivity index (χ3n) is 3.51. The molecular formula is C13H14ClN3O. The fourth-order valence-corrected chi connectivity index (χ4v) is 2.66. The Hall–Kier alpha value is -1.39. The second kappa shape index (κ2) is 4.37. The molecule has 0 bridgehead atoms. The summed E-state index contributed by atoms with van der Waals surface area (Å²) in [6.07, 6.45) is 1.51. The zero-order valence-corrected chi connectivity index (χ0v) is 10.6. The summed E-state index contributed by atoms with van der Waals surface area (Å²) in [6, 6.07) is 7.40. The minimum atomic E-state index is -0.567.